The number of hydrogen-bond donors (Lipinski definition) is 2. The van der Waals surface area contributed by atoms with Crippen LogP contribution in [0.1, 0.15) is 11.1 Å². The second kappa shape index (κ2) is 7.16. The summed E-state index contributed by atoms with van der Waals surface area (Å²) in [7, 11) is 7.48. The molecule has 1 aromatic heterocycles. The first-order valence-corrected chi connectivity index (χ1v) is 7.65. The van der Waals surface area contributed by atoms with Crippen LogP contribution >= 0.6 is 0 Å². The average molecular weight is 328 g/mol. The van der Waals surface area contributed by atoms with Crippen LogP contribution in [0.15, 0.2) is 24.4 Å². The maximum Gasteiger partial charge on any atom is 0.323 e. The molecule has 0 spiro atoms. The molecule has 0 aliphatic heterocycles. The van der Waals surface area contributed by atoms with Crippen molar-refractivity contribution in [3.8, 4) is 0 Å². The lowest BCUT2D eigenvalue weighted by Crippen LogP contribution is -2.23. The third kappa shape index (κ3) is 4.13. The van der Waals surface area contributed by atoms with E-state index in [-0.39, 0.29) is 6.03 Å². The Hall–Kier alpha value is -2.83. The van der Waals surface area contributed by atoms with Gasteiger partial charge in [-0.25, -0.2) is 9.78 Å². The van der Waals surface area contributed by atoms with Crippen LogP contribution in [0.25, 0.3) is 0 Å². The summed E-state index contributed by atoms with van der Waals surface area (Å²) in [6.45, 7) is 4.04. The molecule has 1 heterocycles. The largest absolute Gasteiger partial charge is 0.361 e. The average Bonchev–Trinajstić information content (AvgIpc) is 2.50. The normalized spacial score (nSPS) is 10.2. The molecule has 0 unspecified atom stereocenters. The predicted octanol–water partition coefficient (Wildman–Crippen LogP) is 2.87. The monoisotopic (exact) mass is 328 g/mol. The molecule has 0 saturated carbocycles. The van der Waals surface area contributed by atoms with Crippen molar-refractivity contribution in [1.29, 1.82) is 0 Å². The van der Waals surface area contributed by atoms with E-state index < -0.39 is 0 Å². The van der Waals surface area contributed by atoms with E-state index in [1.807, 2.05) is 70.0 Å². The fraction of sp³-hybridized carbons (Fsp3) is 0.353. The number of anilines is 4. The first kappa shape index (κ1) is 17.5. The zero-order valence-electron chi connectivity index (χ0n) is 15.0. The number of urea groups is 1. The molecule has 0 aliphatic carbocycles. The molecule has 2 amide bonds. The summed E-state index contributed by atoms with van der Waals surface area (Å²) < 4.78 is 0. The van der Waals surface area contributed by atoms with E-state index in [0.29, 0.717) is 17.5 Å². The van der Waals surface area contributed by atoms with Gasteiger partial charge in [0.1, 0.15) is 5.69 Å². The number of hydrogen-bond acceptors (Lipinski definition) is 5. The molecule has 24 heavy (non-hydrogen) atoms. The molecule has 0 bridgehead atoms. The molecule has 2 N–H and O–H groups in total. The van der Waals surface area contributed by atoms with Crippen LogP contribution in [0.4, 0.5) is 27.9 Å². The molecule has 7 nitrogen and oxygen atoms in total. The van der Waals surface area contributed by atoms with Gasteiger partial charge in [0, 0.05) is 33.9 Å². The van der Waals surface area contributed by atoms with Crippen molar-refractivity contribution >= 4 is 29.2 Å². The predicted molar refractivity (Wildman–Crippen MR) is 99.2 cm³/mol. The molecule has 0 aliphatic rings. The highest BCUT2D eigenvalue weighted by molar-refractivity contribution is 6.01. The second-order valence-electron chi connectivity index (χ2n) is 6.07. The highest BCUT2D eigenvalue weighted by atomic mass is 16.2. The van der Waals surface area contributed by atoms with Gasteiger partial charge < -0.3 is 20.4 Å². The smallest absolute Gasteiger partial charge is 0.323 e. The number of rotatable bonds is 4. The van der Waals surface area contributed by atoms with Crippen LogP contribution in [-0.2, 0) is 0 Å². The fourth-order valence-corrected chi connectivity index (χ4v) is 2.11. The number of nitrogens with zero attached hydrogens (tertiary/aromatic N) is 4. The van der Waals surface area contributed by atoms with Gasteiger partial charge >= 0.3 is 6.03 Å². The summed E-state index contributed by atoms with van der Waals surface area (Å²) in [4.78, 5) is 24.6. The molecule has 7 heteroatoms. The summed E-state index contributed by atoms with van der Waals surface area (Å²) in [5.41, 5.74) is 3.60. The minimum Gasteiger partial charge on any atom is -0.361 e. The van der Waals surface area contributed by atoms with Crippen molar-refractivity contribution in [2.45, 2.75) is 13.8 Å². The Kier molecular flexibility index (Phi) is 5.23. The van der Waals surface area contributed by atoms with Gasteiger partial charge in [0.05, 0.1) is 6.20 Å². The van der Waals surface area contributed by atoms with Crippen LogP contribution < -0.4 is 20.4 Å². The van der Waals surface area contributed by atoms with Gasteiger partial charge in [-0.05, 0) is 37.1 Å². The minimum absolute atomic E-state index is 0.331. The Balaban J connectivity index is 2.17. The van der Waals surface area contributed by atoms with E-state index in [1.165, 1.54) is 5.56 Å². The number of aryl methyl sites for hydroxylation is 2. The summed E-state index contributed by atoms with van der Waals surface area (Å²) in [6.07, 6.45) is 1.61. The Morgan fingerprint density at radius 2 is 1.71 bits per heavy atom. The van der Waals surface area contributed by atoms with Gasteiger partial charge in [-0.3, -0.25) is 0 Å². The molecular formula is C17H24N6O. The van der Waals surface area contributed by atoms with Gasteiger partial charge in [-0.1, -0.05) is 6.07 Å². The molecular weight excluding hydrogens is 304 g/mol. The Morgan fingerprint density at radius 1 is 1.00 bits per heavy atom. The molecule has 0 fully saturated rings. The lowest BCUT2D eigenvalue weighted by Gasteiger charge is -2.19. The van der Waals surface area contributed by atoms with Crippen LogP contribution in [0.2, 0.25) is 0 Å². The molecule has 0 saturated heterocycles. The van der Waals surface area contributed by atoms with E-state index in [2.05, 4.69) is 20.6 Å². The summed E-state index contributed by atoms with van der Waals surface area (Å²) in [5.74, 6) is 1.22. The molecule has 0 radical (unpaired) electrons. The highest BCUT2D eigenvalue weighted by Gasteiger charge is 2.13. The molecule has 2 rings (SSSR count). The van der Waals surface area contributed by atoms with Crippen LogP contribution in [0.3, 0.4) is 0 Å². The summed E-state index contributed by atoms with van der Waals surface area (Å²) in [6, 6.07) is 5.46. The number of carbonyl (C=O) groups excluding carboxylic acids is 1. The number of amides is 2. The zero-order valence-corrected chi connectivity index (χ0v) is 15.0. The lowest BCUT2D eigenvalue weighted by molar-refractivity contribution is 0.262. The third-order valence-electron chi connectivity index (χ3n) is 3.59. The quantitative estimate of drug-likeness (QED) is 0.903. The molecule has 0 atom stereocenters. The van der Waals surface area contributed by atoms with Gasteiger partial charge in [0.2, 0.25) is 5.95 Å². The van der Waals surface area contributed by atoms with Crippen molar-refractivity contribution < 1.29 is 4.79 Å². The Bertz CT molecular complexity index is 742. The maximum absolute atomic E-state index is 12.3. The molecule has 128 valence electrons. The zero-order chi connectivity index (χ0) is 17.9. The fourth-order valence-electron chi connectivity index (χ4n) is 2.11. The van der Waals surface area contributed by atoms with E-state index in [0.717, 1.165) is 11.3 Å². The Labute approximate surface area is 142 Å². The SMILES string of the molecule is Cc1ccc(NC(=O)Nc2cnc(N(C)C)nc2N(C)C)cc1C. The van der Waals surface area contributed by atoms with Crippen molar-refractivity contribution in [1.82, 2.24) is 9.97 Å². The van der Waals surface area contributed by atoms with Crippen LogP contribution in [-0.4, -0.2) is 44.2 Å². The van der Waals surface area contributed by atoms with Crippen molar-refractivity contribution in [3.63, 3.8) is 0 Å². The van der Waals surface area contributed by atoms with Crippen molar-refractivity contribution in [2.75, 3.05) is 48.6 Å². The summed E-state index contributed by atoms with van der Waals surface area (Å²) in [5, 5.41) is 5.63. The topological polar surface area (TPSA) is 73.4 Å². The maximum atomic E-state index is 12.3. The van der Waals surface area contributed by atoms with Gasteiger partial charge in [0.15, 0.2) is 5.82 Å². The minimum atomic E-state index is -0.331. The van der Waals surface area contributed by atoms with Crippen molar-refractivity contribution in [3.05, 3.63) is 35.5 Å². The first-order valence-electron chi connectivity index (χ1n) is 7.65. The van der Waals surface area contributed by atoms with Gasteiger partial charge in [0.25, 0.3) is 0 Å². The number of nitrogens with one attached hydrogen (secondary N) is 2. The highest BCUT2D eigenvalue weighted by Crippen LogP contribution is 2.23. The van der Waals surface area contributed by atoms with E-state index in [4.69, 9.17) is 0 Å². The Morgan fingerprint density at radius 3 is 2.29 bits per heavy atom. The van der Waals surface area contributed by atoms with Gasteiger partial charge in [-0.2, -0.15) is 4.98 Å². The first-order chi connectivity index (χ1) is 11.3. The van der Waals surface area contributed by atoms with E-state index >= 15 is 0 Å². The number of benzene rings is 1. The third-order valence-corrected chi connectivity index (χ3v) is 3.59. The standard InChI is InChI=1S/C17H24N6O/c1-11-7-8-13(9-12(11)2)19-17(24)20-14-10-18-16(23(5)6)21-15(14)22(3)4/h7-10H,1-6H3,(H2,19,20,24). The van der Waals surface area contributed by atoms with Crippen molar-refractivity contribution in [2.24, 2.45) is 0 Å². The van der Waals surface area contributed by atoms with Gasteiger partial charge in [-0.15, -0.1) is 0 Å². The van der Waals surface area contributed by atoms with Crippen LogP contribution in [0, 0.1) is 13.8 Å². The lowest BCUT2D eigenvalue weighted by atomic mass is 10.1. The number of aromatic nitrogens is 2. The van der Waals surface area contributed by atoms with E-state index in [9.17, 15) is 4.79 Å². The summed E-state index contributed by atoms with van der Waals surface area (Å²) >= 11 is 0. The molecule has 1 aromatic carbocycles. The number of carbonyl (C=O) groups is 1. The van der Waals surface area contributed by atoms with E-state index in [1.54, 1.807) is 6.20 Å². The van der Waals surface area contributed by atoms with Crippen LogP contribution in [0.5, 0.6) is 0 Å². The molecule has 2 aromatic rings. The second-order valence-corrected chi connectivity index (χ2v) is 6.07.